The molecule has 1 aromatic carbocycles. The van der Waals surface area contributed by atoms with Gasteiger partial charge in [0.1, 0.15) is 0 Å². The molecule has 2 aliphatic rings. The highest BCUT2D eigenvalue weighted by atomic mass is 31.1. The van der Waals surface area contributed by atoms with E-state index in [0.717, 1.165) is 22.6 Å². The van der Waals surface area contributed by atoms with Gasteiger partial charge in [0.15, 0.2) is 0 Å². The number of benzene rings is 1. The van der Waals surface area contributed by atoms with Crippen molar-refractivity contribution in [3.63, 3.8) is 0 Å². The lowest BCUT2D eigenvalue weighted by molar-refractivity contribution is 0.628. The molecule has 0 radical (unpaired) electrons. The van der Waals surface area contributed by atoms with Gasteiger partial charge in [0, 0.05) is 0 Å². The summed E-state index contributed by atoms with van der Waals surface area (Å²) in [5, 5.41) is 3.55. The standard InChI is InChI=1S/C17H26P2/c1-12-8-7-9-13(2)18(12)16-10-5-6-11-17(16)19-14(3)15(19)4/h5-6,10-15H,7-9H2,1-4H3/t12-,13-,14+,15+/m0/s1. The molecule has 0 aliphatic carbocycles. The summed E-state index contributed by atoms with van der Waals surface area (Å²) in [6.45, 7) is 9.92. The Morgan fingerprint density at radius 1 is 0.789 bits per heavy atom. The van der Waals surface area contributed by atoms with Crippen molar-refractivity contribution in [2.45, 2.75) is 69.6 Å². The van der Waals surface area contributed by atoms with Crippen LogP contribution in [0.2, 0.25) is 0 Å². The molecule has 104 valence electrons. The quantitative estimate of drug-likeness (QED) is 0.696. The highest BCUT2D eigenvalue weighted by Gasteiger charge is 2.45. The molecule has 0 unspecified atom stereocenters. The molecule has 0 nitrogen and oxygen atoms in total. The van der Waals surface area contributed by atoms with Crippen molar-refractivity contribution in [1.82, 2.24) is 0 Å². The van der Waals surface area contributed by atoms with E-state index >= 15 is 0 Å². The van der Waals surface area contributed by atoms with Crippen molar-refractivity contribution in [1.29, 1.82) is 0 Å². The zero-order valence-electron chi connectivity index (χ0n) is 12.6. The van der Waals surface area contributed by atoms with Gasteiger partial charge in [-0.25, -0.2) is 0 Å². The van der Waals surface area contributed by atoms with Crippen LogP contribution < -0.4 is 10.6 Å². The minimum Gasteiger partial charge on any atom is -0.0688 e. The monoisotopic (exact) mass is 292 g/mol. The summed E-state index contributed by atoms with van der Waals surface area (Å²) in [7, 11) is 0.240. The number of hydrogen-bond donors (Lipinski definition) is 0. The van der Waals surface area contributed by atoms with Gasteiger partial charge >= 0.3 is 0 Å². The predicted octanol–water partition coefficient (Wildman–Crippen LogP) is 4.65. The molecule has 1 aromatic rings. The van der Waals surface area contributed by atoms with Crippen molar-refractivity contribution in [2.75, 3.05) is 0 Å². The van der Waals surface area contributed by atoms with Gasteiger partial charge in [0.05, 0.1) is 0 Å². The molecule has 0 spiro atoms. The molecule has 0 amide bonds. The van der Waals surface area contributed by atoms with E-state index in [-0.39, 0.29) is 15.8 Å². The van der Waals surface area contributed by atoms with Gasteiger partial charge < -0.3 is 0 Å². The lowest BCUT2D eigenvalue weighted by Crippen LogP contribution is -2.30. The Labute approximate surface area is 120 Å². The summed E-state index contributed by atoms with van der Waals surface area (Å²) >= 11 is 0. The fraction of sp³-hybridized carbons (Fsp3) is 0.647. The zero-order chi connectivity index (χ0) is 13.6. The minimum atomic E-state index is 0.0756. The van der Waals surface area contributed by atoms with Gasteiger partial charge in [-0.2, -0.15) is 0 Å². The largest absolute Gasteiger partial charge is 0.0688 e. The second-order valence-corrected chi connectivity index (χ2v) is 12.4. The van der Waals surface area contributed by atoms with Crippen molar-refractivity contribution in [3.8, 4) is 0 Å². The van der Waals surface area contributed by atoms with Crippen LogP contribution in [-0.4, -0.2) is 22.6 Å². The van der Waals surface area contributed by atoms with Gasteiger partial charge in [-0.3, -0.25) is 0 Å². The average Bonchev–Trinajstić information content (AvgIpc) is 2.97. The van der Waals surface area contributed by atoms with Gasteiger partial charge in [-0.1, -0.05) is 74.2 Å². The Morgan fingerprint density at radius 2 is 1.26 bits per heavy atom. The molecule has 2 aliphatic heterocycles. The van der Waals surface area contributed by atoms with Gasteiger partial charge in [0.25, 0.3) is 0 Å². The highest BCUT2D eigenvalue weighted by Crippen LogP contribution is 2.66. The van der Waals surface area contributed by atoms with Crippen LogP contribution in [0.25, 0.3) is 0 Å². The molecule has 0 bridgehead atoms. The molecular weight excluding hydrogens is 266 g/mol. The average molecular weight is 292 g/mol. The first-order chi connectivity index (χ1) is 9.11. The third-order valence-corrected chi connectivity index (χ3v) is 11.9. The van der Waals surface area contributed by atoms with Gasteiger partial charge in [-0.15, -0.1) is 0 Å². The zero-order valence-corrected chi connectivity index (χ0v) is 14.4. The first-order valence-corrected chi connectivity index (χ1v) is 10.7. The van der Waals surface area contributed by atoms with Crippen LogP contribution in [0.1, 0.15) is 47.0 Å². The van der Waals surface area contributed by atoms with E-state index in [1.54, 1.807) is 10.6 Å². The van der Waals surface area contributed by atoms with Crippen molar-refractivity contribution < 1.29 is 0 Å². The third-order valence-electron chi connectivity index (χ3n) is 5.12. The van der Waals surface area contributed by atoms with E-state index in [4.69, 9.17) is 0 Å². The Morgan fingerprint density at radius 3 is 1.74 bits per heavy atom. The van der Waals surface area contributed by atoms with E-state index in [2.05, 4.69) is 52.0 Å². The van der Waals surface area contributed by atoms with Crippen LogP contribution >= 0.6 is 15.8 Å². The normalized spacial score (nSPS) is 39.3. The fourth-order valence-corrected chi connectivity index (χ4v) is 10.5. The molecular formula is C17H26P2. The van der Waals surface area contributed by atoms with Crippen LogP contribution in [0.15, 0.2) is 24.3 Å². The van der Waals surface area contributed by atoms with Crippen LogP contribution in [0.5, 0.6) is 0 Å². The van der Waals surface area contributed by atoms with Gasteiger partial charge in [0.2, 0.25) is 0 Å². The van der Waals surface area contributed by atoms with E-state index < -0.39 is 0 Å². The number of hydrogen-bond acceptors (Lipinski definition) is 0. The van der Waals surface area contributed by atoms with E-state index in [1.807, 2.05) is 0 Å². The molecule has 0 aromatic heterocycles. The molecule has 19 heavy (non-hydrogen) atoms. The maximum atomic E-state index is 2.51. The maximum absolute atomic E-state index is 2.51. The van der Waals surface area contributed by atoms with Crippen LogP contribution in [0, 0.1) is 0 Å². The second kappa shape index (κ2) is 5.46. The van der Waals surface area contributed by atoms with Crippen LogP contribution in [0.4, 0.5) is 0 Å². The SMILES string of the molecule is C[C@@H]1[C@@H](C)P1c1ccccc1P1[C@@H](C)CCC[C@@H]1C. The van der Waals surface area contributed by atoms with Crippen LogP contribution in [0.3, 0.4) is 0 Å². The second-order valence-electron chi connectivity index (χ2n) is 6.41. The molecule has 2 heteroatoms. The summed E-state index contributed by atoms with van der Waals surface area (Å²) < 4.78 is 0. The van der Waals surface area contributed by atoms with Gasteiger partial charge in [-0.05, 0) is 46.1 Å². The first kappa shape index (κ1) is 14.0. The van der Waals surface area contributed by atoms with E-state index in [1.165, 1.54) is 19.3 Å². The summed E-state index contributed by atoms with van der Waals surface area (Å²) in [4.78, 5) is 0. The predicted molar refractivity (Wildman–Crippen MR) is 91.2 cm³/mol. The molecule has 0 saturated carbocycles. The first-order valence-electron chi connectivity index (χ1n) is 7.77. The molecule has 3 rings (SSSR count). The summed E-state index contributed by atoms with van der Waals surface area (Å²) in [6.07, 6.45) is 4.35. The third kappa shape index (κ3) is 2.52. The Balaban J connectivity index is 1.96. The summed E-state index contributed by atoms with van der Waals surface area (Å²) in [6, 6.07) is 9.48. The van der Waals surface area contributed by atoms with Crippen molar-refractivity contribution in [3.05, 3.63) is 24.3 Å². The van der Waals surface area contributed by atoms with E-state index in [9.17, 15) is 0 Å². The Hall–Kier alpha value is 0.0800. The summed E-state index contributed by atoms with van der Waals surface area (Å²) in [5.74, 6) is 0. The topological polar surface area (TPSA) is 0 Å². The smallest absolute Gasteiger partial charge is 0.0126 e. The lowest BCUT2D eigenvalue weighted by Gasteiger charge is -2.36. The van der Waals surface area contributed by atoms with Crippen molar-refractivity contribution >= 4 is 26.5 Å². The minimum absolute atomic E-state index is 0.0756. The Bertz CT molecular complexity index is 438. The summed E-state index contributed by atoms with van der Waals surface area (Å²) in [5.41, 5.74) is 3.78. The molecule has 2 saturated heterocycles. The number of rotatable bonds is 2. The molecule has 2 heterocycles. The van der Waals surface area contributed by atoms with E-state index in [0.29, 0.717) is 0 Å². The molecule has 2 fully saturated rings. The van der Waals surface area contributed by atoms with Crippen molar-refractivity contribution in [2.24, 2.45) is 0 Å². The molecule has 0 N–H and O–H groups in total. The lowest BCUT2D eigenvalue weighted by atomic mass is 10.1. The highest BCUT2D eigenvalue weighted by molar-refractivity contribution is 7.77. The molecule has 4 atom stereocenters. The Kier molecular flexibility index (Phi) is 4.03. The maximum Gasteiger partial charge on any atom is -0.0126 e. The van der Waals surface area contributed by atoms with Crippen LogP contribution in [-0.2, 0) is 0 Å². The fourth-order valence-electron chi connectivity index (χ4n) is 3.74.